The van der Waals surface area contributed by atoms with Gasteiger partial charge in [0.15, 0.2) is 0 Å². The van der Waals surface area contributed by atoms with Crippen molar-refractivity contribution in [3.8, 4) is 0 Å². The predicted molar refractivity (Wildman–Crippen MR) is 78.8 cm³/mol. The molecule has 0 bridgehead atoms. The predicted octanol–water partition coefficient (Wildman–Crippen LogP) is 2.20. The number of amides is 1. The van der Waals surface area contributed by atoms with E-state index in [1.54, 1.807) is 0 Å². The summed E-state index contributed by atoms with van der Waals surface area (Å²) in [6, 6.07) is 1.21. The second kappa shape index (κ2) is 7.36. The summed E-state index contributed by atoms with van der Waals surface area (Å²) in [6.45, 7) is 5.87. The lowest BCUT2D eigenvalue weighted by Crippen LogP contribution is -2.33. The molecule has 0 spiro atoms. The van der Waals surface area contributed by atoms with E-state index in [9.17, 15) is 9.18 Å². The van der Waals surface area contributed by atoms with E-state index in [1.807, 2.05) is 6.92 Å². The first kappa shape index (κ1) is 15.7. The molecular weight excluding hydrogens is 273 g/mol. The van der Waals surface area contributed by atoms with Gasteiger partial charge in [0.2, 0.25) is 0 Å². The van der Waals surface area contributed by atoms with Gasteiger partial charge in [-0.05, 0) is 25.8 Å². The molecule has 0 radical (unpaired) electrons. The second-order valence-corrected chi connectivity index (χ2v) is 5.16. The van der Waals surface area contributed by atoms with Crippen molar-refractivity contribution in [2.75, 3.05) is 25.0 Å². The minimum Gasteiger partial charge on any atom is -0.378 e. The molecule has 1 aromatic rings. The first-order valence-corrected chi connectivity index (χ1v) is 7.44. The maximum Gasteiger partial charge on any atom is 0.255 e. The number of halogens is 1. The van der Waals surface area contributed by atoms with Crippen LogP contribution < -0.4 is 10.6 Å². The summed E-state index contributed by atoms with van der Waals surface area (Å²) >= 11 is 0. The number of rotatable bonds is 6. The van der Waals surface area contributed by atoms with Crippen LogP contribution in [0, 0.1) is 11.7 Å². The molecule has 6 heteroatoms. The molecule has 0 saturated carbocycles. The monoisotopic (exact) mass is 295 g/mol. The van der Waals surface area contributed by atoms with Gasteiger partial charge in [-0.2, -0.15) is 0 Å². The van der Waals surface area contributed by atoms with Crippen LogP contribution in [0.2, 0.25) is 0 Å². The summed E-state index contributed by atoms with van der Waals surface area (Å²) in [7, 11) is 0. The molecule has 1 saturated heterocycles. The third kappa shape index (κ3) is 3.91. The third-order valence-corrected chi connectivity index (χ3v) is 3.72. The molecule has 0 aliphatic carbocycles. The van der Waals surface area contributed by atoms with E-state index in [0.29, 0.717) is 24.8 Å². The fraction of sp³-hybridized carbons (Fsp3) is 0.600. The quantitative estimate of drug-likeness (QED) is 0.844. The Morgan fingerprint density at radius 1 is 1.52 bits per heavy atom. The van der Waals surface area contributed by atoms with E-state index >= 15 is 0 Å². The van der Waals surface area contributed by atoms with Crippen molar-refractivity contribution in [3.63, 3.8) is 0 Å². The maximum absolute atomic E-state index is 13.3. The van der Waals surface area contributed by atoms with Gasteiger partial charge in [0.1, 0.15) is 11.6 Å². The number of anilines is 1. The molecule has 1 aromatic heterocycles. The molecule has 2 rings (SSSR count). The highest BCUT2D eigenvalue weighted by Gasteiger charge is 2.27. The minimum atomic E-state index is -0.516. The number of pyridine rings is 1. The first-order valence-electron chi connectivity index (χ1n) is 7.44. The zero-order chi connectivity index (χ0) is 15.2. The minimum absolute atomic E-state index is 0.198. The number of nitrogens with zero attached hydrogens (tertiary/aromatic N) is 1. The van der Waals surface area contributed by atoms with Gasteiger partial charge in [0, 0.05) is 25.6 Å². The molecular formula is C15H22FN3O2. The Hall–Kier alpha value is -1.69. The summed E-state index contributed by atoms with van der Waals surface area (Å²) < 4.78 is 18.9. The fourth-order valence-electron chi connectivity index (χ4n) is 2.62. The third-order valence-electron chi connectivity index (χ3n) is 3.72. The van der Waals surface area contributed by atoms with E-state index in [0.717, 1.165) is 25.6 Å². The normalized spacial score (nSPS) is 21.3. The van der Waals surface area contributed by atoms with E-state index in [1.165, 1.54) is 6.07 Å². The topological polar surface area (TPSA) is 63.2 Å². The Balaban J connectivity index is 2.01. The molecule has 0 aromatic carbocycles. The molecule has 2 N–H and O–H groups in total. The van der Waals surface area contributed by atoms with Crippen LogP contribution in [0.25, 0.3) is 0 Å². The first-order chi connectivity index (χ1) is 10.2. The highest BCUT2D eigenvalue weighted by Crippen LogP contribution is 2.23. The lowest BCUT2D eigenvalue weighted by Gasteiger charge is -2.17. The van der Waals surface area contributed by atoms with Crippen molar-refractivity contribution in [1.82, 2.24) is 10.3 Å². The van der Waals surface area contributed by atoms with Gasteiger partial charge in [-0.1, -0.05) is 6.92 Å². The standard InChI is InChI=1S/C15H22FN3O2/c1-3-13-10(5-6-21-13)8-19-15(20)12-7-11(16)9-18-14(12)17-4-2/h7,9-10,13H,3-6,8H2,1-2H3,(H,17,18)(H,19,20). The zero-order valence-corrected chi connectivity index (χ0v) is 12.5. The second-order valence-electron chi connectivity index (χ2n) is 5.16. The van der Waals surface area contributed by atoms with E-state index in [-0.39, 0.29) is 17.6 Å². The fourth-order valence-corrected chi connectivity index (χ4v) is 2.62. The molecule has 21 heavy (non-hydrogen) atoms. The Bertz CT molecular complexity index is 496. The summed E-state index contributed by atoms with van der Waals surface area (Å²) in [6.07, 6.45) is 3.18. The summed E-state index contributed by atoms with van der Waals surface area (Å²) in [5.41, 5.74) is 0.240. The highest BCUT2D eigenvalue weighted by molar-refractivity contribution is 5.98. The number of ether oxygens (including phenoxy) is 1. The number of hydrogen-bond donors (Lipinski definition) is 2. The van der Waals surface area contributed by atoms with Crippen molar-refractivity contribution in [1.29, 1.82) is 0 Å². The number of nitrogens with one attached hydrogen (secondary N) is 2. The number of carbonyl (C=O) groups is 1. The maximum atomic E-state index is 13.3. The average molecular weight is 295 g/mol. The van der Waals surface area contributed by atoms with Crippen LogP contribution in [-0.2, 0) is 4.74 Å². The van der Waals surface area contributed by atoms with Gasteiger partial charge in [-0.15, -0.1) is 0 Å². The van der Waals surface area contributed by atoms with Crippen molar-refractivity contribution in [2.24, 2.45) is 5.92 Å². The van der Waals surface area contributed by atoms with Crippen molar-refractivity contribution in [2.45, 2.75) is 32.8 Å². The van der Waals surface area contributed by atoms with E-state index in [4.69, 9.17) is 4.74 Å². The van der Waals surface area contributed by atoms with Crippen LogP contribution in [0.3, 0.4) is 0 Å². The van der Waals surface area contributed by atoms with Crippen molar-refractivity contribution >= 4 is 11.7 Å². The van der Waals surface area contributed by atoms with Crippen LogP contribution in [-0.4, -0.2) is 36.7 Å². The van der Waals surface area contributed by atoms with Crippen molar-refractivity contribution < 1.29 is 13.9 Å². The summed E-state index contributed by atoms with van der Waals surface area (Å²) in [4.78, 5) is 16.2. The van der Waals surface area contributed by atoms with Gasteiger partial charge in [0.05, 0.1) is 17.9 Å². The highest BCUT2D eigenvalue weighted by atomic mass is 19.1. The number of carbonyl (C=O) groups excluding carboxylic acids is 1. The van der Waals surface area contributed by atoms with Gasteiger partial charge >= 0.3 is 0 Å². The van der Waals surface area contributed by atoms with Crippen LogP contribution >= 0.6 is 0 Å². The Kier molecular flexibility index (Phi) is 5.50. The molecule has 2 unspecified atom stereocenters. The lowest BCUT2D eigenvalue weighted by atomic mass is 9.99. The molecule has 2 atom stereocenters. The molecule has 1 aliphatic rings. The molecule has 1 fully saturated rings. The molecule has 116 valence electrons. The van der Waals surface area contributed by atoms with E-state index in [2.05, 4.69) is 22.5 Å². The van der Waals surface area contributed by atoms with Gasteiger partial charge in [0.25, 0.3) is 5.91 Å². The van der Waals surface area contributed by atoms with Gasteiger partial charge in [-0.3, -0.25) is 4.79 Å². The lowest BCUT2D eigenvalue weighted by molar-refractivity contribution is 0.0827. The SMILES string of the molecule is CCNc1ncc(F)cc1C(=O)NCC1CCOC1CC. The molecule has 1 aliphatic heterocycles. The zero-order valence-electron chi connectivity index (χ0n) is 12.5. The smallest absolute Gasteiger partial charge is 0.255 e. The number of hydrogen-bond acceptors (Lipinski definition) is 4. The van der Waals surface area contributed by atoms with E-state index < -0.39 is 5.82 Å². The van der Waals surface area contributed by atoms with Gasteiger partial charge in [-0.25, -0.2) is 9.37 Å². The summed E-state index contributed by atoms with van der Waals surface area (Å²) in [5.74, 6) is -0.0914. The average Bonchev–Trinajstić information content (AvgIpc) is 2.94. The number of aromatic nitrogens is 1. The summed E-state index contributed by atoms with van der Waals surface area (Å²) in [5, 5.41) is 5.83. The molecule has 5 nitrogen and oxygen atoms in total. The van der Waals surface area contributed by atoms with Crippen LogP contribution in [0.5, 0.6) is 0 Å². The van der Waals surface area contributed by atoms with Crippen LogP contribution in [0.1, 0.15) is 37.0 Å². The van der Waals surface area contributed by atoms with Crippen molar-refractivity contribution in [3.05, 3.63) is 23.6 Å². The van der Waals surface area contributed by atoms with Crippen LogP contribution in [0.15, 0.2) is 12.3 Å². The molecule has 1 amide bonds. The Morgan fingerprint density at radius 3 is 3.05 bits per heavy atom. The molecule has 2 heterocycles. The van der Waals surface area contributed by atoms with Gasteiger partial charge < -0.3 is 15.4 Å². The Morgan fingerprint density at radius 2 is 2.33 bits per heavy atom. The Labute approximate surface area is 124 Å². The van der Waals surface area contributed by atoms with Crippen LogP contribution in [0.4, 0.5) is 10.2 Å². The largest absolute Gasteiger partial charge is 0.378 e.